The summed E-state index contributed by atoms with van der Waals surface area (Å²) in [6, 6.07) is 0. The van der Waals surface area contributed by atoms with Crippen molar-refractivity contribution in [3.63, 3.8) is 0 Å². The summed E-state index contributed by atoms with van der Waals surface area (Å²) in [4.78, 5) is 8.98. The van der Waals surface area contributed by atoms with E-state index in [4.69, 9.17) is 14.9 Å². The van der Waals surface area contributed by atoms with Gasteiger partial charge in [-0.1, -0.05) is 39.5 Å². The van der Waals surface area contributed by atoms with Gasteiger partial charge in [-0.25, -0.2) is 5.26 Å². The zero-order chi connectivity index (χ0) is 19.3. The van der Waals surface area contributed by atoms with Crippen LogP contribution in [0.2, 0.25) is 0 Å². The van der Waals surface area contributed by atoms with Crippen LogP contribution >= 0.6 is 15.4 Å². The van der Waals surface area contributed by atoms with Crippen molar-refractivity contribution in [1.29, 1.82) is 0 Å². The van der Waals surface area contributed by atoms with Gasteiger partial charge in [0.25, 0.3) is 0 Å². The minimum Gasteiger partial charge on any atom is -0.333 e. The summed E-state index contributed by atoms with van der Waals surface area (Å²) in [6.07, 6.45) is 10.3. The van der Waals surface area contributed by atoms with Gasteiger partial charge in [-0.05, 0) is 53.4 Å². The highest BCUT2D eigenvalue weighted by atomic mass is 31.2. The van der Waals surface area contributed by atoms with E-state index in [9.17, 15) is 9.13 Å². The van der Waals surface area contributed by atoms with E-state index in [1.807, 2.05) is 13.0 Å². The van der Waals surface area contributed by atoms with E-state index in [-0.39, 0.29) is 6.35 Å². The van der Waals surface area contributed by atoms with Crippen molar-refractivity contribution in [1.82, 2.24) is 0 Å². The maximum Gasteiger partial charge on any atom is 0.402 e. The Bertz CT molecular complexity index is 547. The smallest absolute Gasteiger partial charge is 0.333 e. The molecule has 0 aromatic carbocycles. The largest absolute Gasteiger partial charge is 0.402 e. The molecule has 2 atom stereocenters. The fourth-order valence-electron chi connectivity index (χ4n) is 1.96. The average molecular weight is 393 g/mol. The van der Waals surface area contributed by atoms with Gasteiger partial charge in [0.2, 0.25) is 12.3 Å². The van der Waals surface area contributed by atoms with Crippen LogP contribution < -0.4 is 0 Å². The molecule has 144 valence electrons. The van der Waals surface area contributed by atoms with Crippen molar-refractivity contribution in [2.45, 2.75) is 53.4 Å². The quantitative estimate of drug-likeness (QED) is 0.134. The van der Waals surface area contributed by atoms with Gasteiger partial charge in [-0.15, -0.1) is 4.67 Å². The van der Waals surface area contributed by atoms with Crippen LogP contribution in [0, 0.1) is 0 Å². The standard InChI is InChI=1S/C17H30O6P2/c1-15(2)7-5-8-16(3)9-6-10-17(4)11-12-22-13-24(19)14-25(20,21)23-18/h7,9,11H,5-6,8,10,12-14H2,1-4H3,(H-,18,20,21)/p+1. The number of rotatable bonds is 13. The maximum absolute atomic E-state index is 11.5. The summed E-state index contributed by atoms with van der Waals surface area (Å²) in [5, 5.41) is 8.18. The summed E-state index contributed by atoms with van der Waals surface area (Å²) in [6.45, 7) is 8.67. The molecule has 0 spiro atoms. The molecule has 6 nitrogen and oxygen atoms in total. The Kier molecular flexibility index (Phi) is 13.2. The van der Waals surface area contributed by atoms with Gasteiger partial charge in [0, 0.05) is 0 Å². The highest BCUT2D eigenvalue weighted by Crippen LogP contribution is 2.48. The molecule has 0 aromatic heterocycles. The molecule has 0 aliphatic heterocycles. The van der Waals surface area contributed by atoms with E-state index in [0.717, 1.165) is 25.7 Å². The minimum atomic E-state index is -4.17. The molecule has 0 fully saturated rings. The Hall–Kier alpha value is -0.610. The van der Waals surface area contributed by atoms with Crippen LogP contribution in [0.15, 0.2) is 34.9 Å². The highest BCUT2D eigenvalue weighted by molar-refractivity contribution is 7.66. The Morgan fingerprint density at radius 2 is 1.60 bits per heavy atom. The first-order valence-electron chi connectivity index (χ1n) is 8.25. The Labute approximate surface area is 151 Å². The van der Waals surface area contributed by atoms with Crippen molar-refractivity contribution in [3.8, 4) is 0 Å². The predicted octanol–water partition coefficient (Wildman–Crippen LogP) is 5.84. The molecule has 0 aromatic rings. The van der Waals surface area contributed by atoms with Crippen LogP contribution in [-0.2, 0) is 18.5 Å². The van der Waals surface area contributed by atoms with Crippen LogP contribution in [-0.4, -0.2) is 29.0 Å². The molecular formula is C17H31O6P2+. The SMILES string of the molecule is CC(C)=CCCC(C)=CCCC(C)=CCOC[P+](=O)CP(=O)(O)OO. The van der Waals surface area contributed by atoms with Crippen molar-refractivity contribution >= 4 is 15.4 Å². The lowest BCUT2D eigenvalue weighted by molar-refractivity contribution is -0.145. The molecule has 0 saturated heterocycles. The van der Waals surface area contributed by atoms with E-state index in [2.05, 4.69) is 37.6 Å². The van der Waals surface area contributed by atoms with Crippen LogP contribution in [0.25, 0.3) is 0 Å². The number of hydrogen-bond donors (Lipinski definition) is 2. The van der Waals surface area contributed by atoms with Crippen molar-refractivity contribution in [2.24, 2.45) is 0 Å². The Morgan fingerprint density at radius 3 is 2.16 bits per heavy atom. The maximum atomic E-state index is 11.5. The first-order chi connectivity index (χ1) is 11.7. The molecule has 0 radical (unpaired) electrons. The lowest BCUT2D eigenvalue weighted by Gasteiger charge is -2.02. The summed E-state index contributed by atoms with van der Waals surface area (Å²) >= 11 is 0. The van der Waals surface area contributed by atoms with Crippen molar-refractivity contribution in [2.75, 3.05) is 18.9 Å². The Morgan fingerprint density at radius 1 is 1.04 bits per heavy atom. The number of hydrogen-bond acceptors (Lipinski definition) is 5. The van der Waals surface area contributed by atoms with Gasteiger partial charge in [0.05, 0.1) is 6.61 Å². The molecule has 0 amide bonds. The van der Waals surface area contributed by atoms with Crippen LogP contribution in [0.3, 0.4) is 0 Å². The van der Waals surface area contributed by atoms with Crippen molar-refractivity contribution in [3.05, 3.63) is 34.9 Å². The monoisotopic (exact) mass is 393 g/mol. The second-order valence-electron chi connectivity index (χ2n) is 6.30. The lowest BCUT2D eigenvalue weighted by Crippen LogP contribution is -1.95. The zero-order valence-electron chi connectivity index (χ0n) is 15.6. The molecular weight excluding hydrogens is 362 g/mol. The summed E-state index contributed by atoms with van der Waals surface area (Å²) in [5.74, 6) is -0.613. The molecule has 2 unspecified atom stereocenters. The summed E-state index contributed by atoms with van der Waals surface area (Å²) in [7, 11) is -6.22. The first-order valence-corrected chi connectivity index (χ1v) is 11.6. The van der Waals surface area contributed by atoms with Crippen LogP contribution in [0.5, 0.6) is 0 Å². The lowest BCUT2D eigenvalue weighted by atomic mass is 10.1. The second-order valence-corrected chi connectivity index (χ2v) is 10.1. The van der Waals surface area contributed by atoms with Gasteiger partial charge in [0.1, 0.15) is 0 Å². The number of ether oxygens (including phenoxy) is 1. The molecule has 0 aliphatic carbocycles. The van der Waals surface area contributed by atoms with Crippen molar-refractivity contribution < 1.29 is 28.7 Å². The normalized spacial score (nSPS) is 15.7. The molecule has 0 bridgehead atoms. The van der Waals surface area contributed by atoms with Gasteiger partial charge >= 0.3 is 15.4 Å². The molecule has 25 heavy (non-hydrogen) atoms. The molecule has 0 saturated carbocycles. The molecule has 0 aliphatic rings. The van der Waals surface area contributed by atoms with Gasteiger partial charge < -0.3 is 9.63 Å². The van der Waals surface area contributed by atoms with E-state index in [0.29, 0.717) is 6.61 Å². The highest BCUT2D eigenvalue weighted by Gasteiger charge is 2.32. The van der Waals surface area contributed by atoms with E-state index < -0.39 is 21.3 Å². The average Bonchev–Trinajstić information content (AvgIpc) is 2.51. The summed E-state index contributed by atoms with van der Waals surface area (Å²) in [5.41, 5.74) is 3.91. The third-order valence-corrected chi connectivity index (χ3v) is 6.79. The van der Waals surface area contributed by atoms with Crippen LogP contribution in [0.4, 0.5) is 0 Å². The topological polar surface area (TPSA) is 93.1 Å². The predicted molar refractivity (Wildman–Crippen MR) is 102 cm³/mol. The molecule has 8 heteroatoms. The third kappa shape index (κ3) is 15.4. The molecule has 0 heterocycles. The minimum absolute atomic E-state index is 0.142. The third-order valence-electron chi connectivity index (χ3n) is 3.37. The van der Waals surface area contributed by atoms with E-state index >= 15 is 0 Å². The fourth-order valence-corrected chi connectivity index (χ4v) is 4.40. The van der Waals surface area contributed by atoms with Gasteiger partial charge in [0.15, 0.2) is 0 Å². The molecule has 2 N–H and O–H groups in total. The Balaban J connectivity index is 3.97. The van der Waals surface area contributed by atoms with Crippen LogP contribution in [0.1, 0.15) is 53.4 Å². The van der Waals surface area contributed by atoms with Gasteiger partial charge in [-0.2, -0.15) is 0 Å². The summed E-state index contributed by atoms with van der Waals surface area (Å²) < 4.78 is 31.1. The fraction of sp³-hybridized carbons (Fsp3) is 0.647. The first kappa shape index (κ1) is 24.4. The van der Waals surface area contributed by atoms with E-state index in [1.54, 1.807) is 0 Å². The van der Waals surface area contributed by atoms with E-state index in [1.165, 1.54) is 16.7 Å². The second kappa shape index (κ2) is 13.6. The molecule has 0 rings (SSSR count). The zero-order valence-corrected chi connectivity index (χ0v) is 17.4. The number of allylic oxidation sites excluding steroid dienone is 5. The van der Waals surface area contributed by atoms with Gasteiger partial charge in [-0.3, -0.25) is 4.57 Å².